The molecule has 0 saturated carbocycles. The maximum absolute atomic E-state index is 5.68. The molecule has 1 aliphatic heterocycles. The van der Waals surface area contributed by atoms with E-state index in [-0.39, 0.29) is 0 Å². The van der Waals surface area contributed by atoms with Crippen molar-refractivity contribution in [1.29, 1.82) is 0 Å². The van der Waals surface area contributed by atoms with Gasteiger partial charge in [-0.25, -0.2) is 0 Å². The smallest absolute Gasteiger partial charge is 0.0992 e. The molecule has 0 amide bonds. The molecule has 80 valence electrons. The fraction of sp³-hybridized carbons (Fsp3) is 0.385. The lowest BCUT2D eigenvalue weighted by Crippen LogP contribution is -2.30. The van der Waals surface area contributed by atoms with Crippen molar-refractivity contribution >= 4 is 14.1 Å². The minimum Gasteiger partial charge on any atom is -0.369 e. The molecular formula is C13H18OSi. The molecule has 1 nitrogen and oxygen atoms in total. The van der Waals surface area contributed by atoms with Gasteiger partial charge < -0.3 is 4.74 Å². The highest BCUT2D eigenvalue weighted by Crippen LogP contribution is 2.32. The fourth-order valence-corrected chi connectivity index (χ4v) is 3.40. The second kappa shape index (κ2) is 3.95. The minimum atomic E-state index is -1.10. The van der Waals surface area contributed by atoms with Gasteiger partial charge in [-0.05, 0) is 5.56 Å². The van der Waals surface area contributed by atoms with Gasteiger partial charge in [-0.2, -0.15) is 0 Å². The van der Waals surface area contributed by atoms with E-state index in [1.165, 1.54) is 5.56 Å². The van der Waals surface area contributed by atoms with Crippen LogP contribution in [0.15, 0.2) is 36.4 Å². The summed E-state index contributed by atoms with van der Waals surface area (Å²) in [5, 5.41) is 0. The van der Waals surface area contributed by atoms with Crippen molar-refractivity contribution in [2.45, 2.75) is 31.5 Å². The van der Waals surface area contributed by atoms with Crippen LogP contribution < -0.4 is 0 Å². The van der Waals surface area contributed by atoms with Crippen molar-refractivity contribution in [2.75, 3.05) is 0 Å². The predicted octanol–water partition coefficient (Wildman–Crippen LogP) is 3.34. The Morgan fingerprint density at radius 2 is 1.80 bits per heavy atom. The molecule has 15 heavy (non-hydrogen) atoms. The molecule has 0 aliphatic carbocycles. The first-order valence-electron chi connectivity index (χ1n) is 5.46. The lowest BCUT2D eigenvalue weighted by atomic mass is 10.2. The van der Waals surface area contributed by atoms with E-state index in [0.29, 0.717) is 11.8 Å². The van der Waals surface area contributed by atoms with Crippen LogP contribution in [0.3, 0.4) is 0 Å². The highest BCUT2D eigenvalue weighted by Gasteiger charge is 2.46. The highest BCUT2D eigenvalue weighted by molar-refractivity contribution is 6.78. The normalized spacial score (nSPS) is 25.8. The zero-order valence-corrected chi connectivity index (χ0v) is 10.6. The van der Waals surface area contributed by atoms with Crippen molar-refractivity contribution in [1.82, 2.24) is 0 Å². The summed E-state index contributed by atoms with van der Waals surface area (Å²) in [6.45, 7) is 7.07. The summed E-state index contributed by atoms with van der Waals surface area (Å²) < 4.78 is 5.68. The Hall–Kier alpha value is -0.863. The number of hydrogen-bond acceptors (Lipinski definition) is 1. The molecule has 1 aliphatic rings. The van der Waals surface area contributed by atoms with Crippen LogP contribution in [0, 0.1) is 0 Å². The molecule has 1 heterocycles. The SMILES string of the molecule is C[Si](C)(C)[C@H]1O[C@@H]1/C=C/c1ccccc1. The standard InChI is InChI=1S/C13H18OSi/c1-15(2,3)13-12(14-13)10-9-11-7-5-4-6-8-11/h4-10,12-13H,1-3H3/b10-9+/t12-,13-/m1/s1. The van der Waals surface area contributed by atoms with E-state index in [2.05, 4.69) is 56.1 Å². The average Bonchev–Trinajstić information content (AvgIpc) is 2.95. The Labute approximate surface area is 92.8 Å². The maximum atomic E-state index is 5.68. The summed E-state index contributed by atoms with van der Waals surface area (Å²) in [6, 6.07) is 10.4. The average molecular weight is 218 g/mol. The van der Waals surface area contributed by atoms with Gasteiger partial charge in [-0.1, -0.05) is 62.1 Å². The second-order valence-corrected chi connectivity index (χ2v) is 10.5. The number of ether oxygens (including phenoxy) is 1. The van der Waals surface area contributed by atoms with E-state index < -0.39 is 8.07 Å². The van der Waals surface area contributed by atoms with E-state index in [1.807, 2.05) is 6.07 Å². The van der Waals surface area contributed by atoms with Gasteiger partial charge in [0.25, 0.3) is 0 Å². The molecule has 1 aromatic carbocycles. The Morgan fingerprint density at radius 3 is 2.33 bits per heavy atom. The van der Waals surface area contributed by atoms with Gasteiger partial charge in [0.1, 0.15) is 0 Å². The van der Waals surface area contributed by atoms with Crippen LogP contribution in [0.25, 0.3) is 6.08 Å². The number of epoxide rings is 1. The topological polar surface area (TPSA) is 12.5 Å². The van der Waals surface area contributed by atoms with Gasteiger partial charge in [0.15, 0.2) is 0 Å². The number of rotatable bonds is 3. The minimum absolute atomic E-state index is 0.372. The third kappa shape index (κ3) is 2.80. The zero-order chi connectivity index (χ0) is 10.9. The van der Waals surface area contributed by atoms with Crippen molar-refractivity contribution < 1.29 is 4.74 Å². The second-order valence-electron chi connectivity index (χ2n) is 5.16. The summed E-state index contributed by atoms with van der Waals surface area (Å²) in [5.74, 6) is 0. The molecule has 2 atom stereocenters. The molecule has 0 unspecified atom stereocenters. The molecule has 2 rings (SSSR count). The van der Waals surface area contributed by atoms with E-state index in [9.17, 15) is 0 Å². The van der Waals surface area contributed by atoms with E-state index in [1.54, 1.807) is 0 Å². The summed E-state index contributed by atoms with van der Waals surface area (Å²) >= 11 is 0. The molecule has 0 N–H and O–H groups in total. The summed E-state index contributed by atoms with van der Waals surface area (Å²) in [4.78, 5) is 0. The molecule has 1 saturated heterocycles. The van der Waals surface area contributed by atoms with Gasteiger partial charge in [-0.15, -0.1) is 0 Å². The third-order valence-corrected chi connectivity index (χ3v) is 4.83. The summed E-state index contributed by atoms with van der Waals surface area (Å²) in [6.07, 6.45) is 4.72. The Bertz CT molecular complexity index is 351. The Kier molecular flexibility index (Phi) is 2.80. The Balaban J connectivity index is 1.93. The highest BCUT2D eigenvalue weighted by atomic mass is 28.3. The first kappa shape index (κ1) is 10.6. The first-order valence-corrected chi connectivity index (χ1v) is 9.04. The van der Waals surface area contributed by atoms with Crippen LogP contribution in [0.2, 0.25) is 19.6 Å². The van der Waals surface area contributed by atoms with Crippen LogP contribution in [0.4, 0.5) is 0 Å². The largest absolute Gasteiger partial charge is 0.369 e. The lowest BCUT2D eigenvalue weighted by molar-refractivity contribution is 0.421. The fourth-order valence-electron chi connectivity index (χ4n) is 1.74. The third-order valence-electron chi connectivity index (χ3n) is 2.66. The Morgan fingerprint density at radius 1 is 1.13 bits per heavy atom. The van der Waals surface area contributed by atoms with E-state index >= 15 is 0 Å². The number of hydrogen-bond donors (Lipinski definition) is 0. The molecule has 1 fully saturated rings. The quantitative estimate of drug-likeness (QED) is 0.560. The van der Waals surface area contributed by atoms with Crippen molar-refractivity contribution in [2.24, 2.45) is 0 Å². The maximum Gasteiger partial charge on any atom is 0.0992 e. The molecule has 2 heteroatoms. The van der Waals surface area contributed by atoms with Gasteiger partial charge in [0.2, 0.25) is 0 Å². The lowest BCUT2D eigenvalue weighted by Gasteiger charge is -2.10. The van der Waals surface area contributed by atoms with Crippen LogP contribution in [-0.4, -0.2) is 19.9 Å². The van der Waals surface area contributed by atoms with Crippen LogP contribution >= 0.6 is 0 Å². The van der Waals surface area contributed by atoms with Crippen molar-refractivity contribution in [3.8, 4) is 0 Å². The molecule has 0 bridgehead atoms. The van der Waals surface area contributed by atoms with Gasteiger partial charge >= 0.3 is 0 Å². The molecule has 0 radical (unpaired) electrons. The van der Waals surface area contributed by atoms with Gasteiger partial charge in [-0.3, -0.25) is 0 Å². The molecule has 1 aromatic rings. The van der Waals surface area contributed by atoms with E-state index in [0.717, 1.165) is 0 Å². The summed E-state index contributed by atoms with van der Waals surface area (Å²) in [5.41, 5.74) is 1.78. The van der Waals surface area contributed by atoms with Crippen molar-refractivity contribution in [3.63, 3.8) is 0 Å². The van der Waals surface area contributed by atoms with Crippen LogP contribution in [-0.2, 0) is 4.74 Å². The summed E-state index contributed by atoms with van der Waals surface area (Å²) in [7, 11) is -1.10. The molecule has 0 spiro atoms. The van der Waals surface area contributed by atoms with Crippen LogP contribution in [0.1, 0.15) is 5.56 Å². The van der Waals surface area contributed by atoms with Gasteiger partial charge in [0.05, 0.1) is 19.9 Å². The molecule has 0 aromatic heterocycles. The monoisotopic (exact) mass is 218 g/mol. The van der Waals surface area contributed by atoms with Crippen LogP contribution in [0.5, 0.6) is 0 Å². The van der Waals surface area contributed by atoms with E-state index in [4.69, 9.17) is 4.74 Å². The molecular weight excluding hydrogens is 200 g/mol. The predicted molar refractivity (Wildman–Crippen MR) is 67.5 cm³/mol. The first-order chi connectivity index (χ1) is 7.07. The van der Waals surface area contributed by atoms with Crippen molar-refractivity contribution in [3.05, 3.63) is 42.0 Å². The van der Waals surface area contributed by atoms with Gasteiger partial charge in [0, 0.05) is 0 Å². The zero-order valence-electron chi connectivity index (χ0n) is 9.60. The number of benzene rings is 1.